The molecule has 0 fully saturated rings. The molecule has 0 heterocycles. The summed E-state index contributed by atoms with van der Waals surface area (Å²) in [4.78, 5) is 27.9. The van der Waals surface area contributed by atoms with Crippen LogP contribution >= 0.6 is 0 Å². The van der Waals surface area contributed by atoms with Crippen LogP contribution in [0.25, 0.3) is 0 Å². The fraction of sp³-hybridized carbons (Fsp3) is 0.870. The predicted molar refractivity (Wildman–Crippen MR) is 136 cm³/mol. The third kappa shape index (κ3) is 1640. The molecule has 0 saturated heterocycles. The van der Waals surface area contributed by atoms with E-state index in [-0.39, 0.29) is 47.5 Å². The molecule has 0 aromatic carbocycles. The molecule has 0 aromatic rings. The van der Waals surface area contributed by atoms with Crippen LogP contribution in [0.15, 0.2) is 0 Å². The summed E-state index contributed by atoms with van der Waals surface area (Å²) in [6.45, 7) is 19.3. The summed E-state index contributed by atoms with van der Waals surface area (Å²) in [6.07, 6.45) is 4.46. The molecule has 0 aliphatic carbocycles. The van der Waals surface area contributed by atoms with Gasteiger partial charge in [-0.2, -0.15) is 0 Å². The summed E-state index contributed by atoms with van der Waals surface area (Å²) < 4.78 is 0. The number of carboxylic acid groups (broad SMARTS) is 2. The molecule has 0 saturated carbocycles. The zero-order valence-electron chi connectivity index (χ0n) is 20.7. The van der Waals surface area contributed by atoms with Gasteiger partial charge in [-0.15, -0.1) is 0 Å². The Morgan fingerprint density at radius 1 is 0.581 bits per heavy atom. The molecule has 8 heteroatoms. The highest BCUT2D eigenvalue weighted by molar-refractivity contribution is 5.66. The fourth-order valence-corrected chi connectivity index (χ4v) is 0. The van der Waals surface area contributed by atoms with Crippen molar-refractivity contribution in [3.63, 3.8) is 0 Å². The molecular formula is C23H60O8. The van der Waals surface area contributed by atoms with E-state index in [4.69, 9.17) is 25.5 Å². The van der Waals surface area contributed by atoms with Crippen molar-refractivity contribution in [3.8, 4) is 0 Å². The van der Waals surface area contributed by atoms with Crippen molar-refractivity contribution in [2.45, 2.75) is 116 Å². The van der Waals surface area contributed by atoms with E-state index in [2.05, 4.69) is 27.7 Å². The second kappa shape index (κ2) is 118. The molecule has 5 N–H and O–H groups in total. The number of carbonyl (C=O) groups excluding carboxylic acids is 1. The molecule has 0 unspecified atom stereocenters. The minimum Gasteiger partial charge on any atom is -0.481 e. The van der Waals surface area contributed by atoms with Crippen molar-refractivity contribution in [1.82, 2.24) is 0 Å². The Bertz CT molecular complexity index is 198. The van der Waals surface area contributed by atoms with Crippen LogP contribution in [0, 0.1) is 0 Å². The second-order valence-electron chi connectivity index (χ2n) is 4.43. The van der Waals surface area contributed by atoms with Gasteiger partial charge in [0, 0.05) is 39.1 Å². The Balaban J connectivity index is -0.0000000204. The minimum absolute atomic E-state index is 0. The standard InChI is InChI=1S/2C3H6O2.C3H6O.2C3H8.3C2H6O.2CH4/c2*1-2-3(4)5;1-2-3-4;2*1-3-2;3*1-2-3;;/h2*2H2,1H3,(H,4,5);3H,2H2,1H3;2*3H2,1-2H3;3*3H,2H2,1H3;2*1H4. The van der Waals surface area contributed by atoms with Crippen LogP contribution in [0.4, 0.5) is 0 Å². The Labute approximate surface area is 194 Å². The average molecular weight is 465 g/mol. The Hall–Kier alpha value is -1.51. The number of aliphatic hydroxyl groups is 3. The van der Waals surface area contributed by atoms with Crippen molar-refractivity contribution >= 4 is 18.2 Å². The summed E-state index contributed by atoms with van der Waals surface area (Å²) in [5, 5.41) is 38.2. The molecule has 200 valence electrons. The van der Waals surface area contributed by atoms with Crippen molar-refractivity contribution in [3.05, 3.63) is 0 Å². The number of carboxylic acids is 2. The van der Waals surface area contributed by atoms with Crippen LogP contribution in [0.5, 0.6) is 0 Å². The first-order chi connectivity index (χ1) is 13.5. The first kappa shape index (κ1) is 63.0. The van der Waals surface area contributed by atoms with Gasteiger partial charge in [-0.3, -0.25) is 9.59 Å². The molecule has 0 aromatic heterocycles. The van der Waals surface area contributed by atoms with E-state index in [0.717, 1.165) is 6.29 Å². The maximum atomic E-state index is 9.37. The van der Waals surface area contributed by atoms with Gasteiger partial charge in [0.1, 0.15) is 6.29 Å². The number of rotatable bonds is 3. The van der Waals surface area contributed by atoms with Crippen LogP contribution in [-0.4, -0.2) is 63.6 Å². The summed E-state index contributed by atoms with van der Waals surface area (Å²) in [7, 11) is 0. The van der Waals surface area contributed by atoms with E-state index in [1.807, 2.05) is 6.92 Å². The molecular weight excluding hydrogens is 404 g/mol. The van der Waals surface area contributed by atoms with Gasteiger partial charge in [0.2, 0.25) is 0 Å². The number of aldehydes is 1. The SMILES string of the molecule is C.C.CCC.CCC.CCC(=O)O.CCC(=O)O.CCC=O.CCO.CCO.CCO. The van der Waals surface area contributed by atoms with Gasteiger partial charge < -0.3 is 30.3 Å². The van der Waals surface area contributed by atoms with Gasteiger partial charge in [0.15, 0.2) is 0 Å². The molecule has 0 rings (SSSR count). The van der Waals surface area contributed by atoms with Crippen molar-refractivity contribution in [2.24, 2.45) is 0 Å². The van der Waals surface area contributed by atoms with E-state index in [1.54, 1.807) is 34.6 Å². The Morgan fingerprint density at radius 2 is 0.645 bits per heavy atom. The van der Waals surface area contributed by atoms with Crippen molar-refractivity contribution in [2.75, 3.05) is 19.8 Å². The van der Waals surface area contributed by atoms with Gasteiger partial charge in [0.05, 0.1) is 0 Å². The van der Waals surface area contributed by atoms with E-state index < -0.39 is 11.9 Å². The van der Waals surface area contributed by atoms with Crippen LogP contribution in [0.1, 0.15) is 116 Å². The van der Waals surface area contributed by atoms with Crippen LogP contribution in [0.3, 0.4) is 0 Å². The zero-order valence-corrected chi connectivity index (χ0v) is 20.7. The molecule has 0 aliphatic heterocycles. The molecule has 8 nitrogen and oxygen atoms in total. The smallest absolute Gasteiger partial charge is 0.303 e. The molecule has 0 amide bonds. The maximum absolute atomic E-state index is 9.37. The third-order valence-electron chi connectivity index (χ3n) is 0.772. The summed E-state index contributed by atoms with van der Waals surface area (Å²) in [5.41, 5.74) is 0. The lowest BCUT2D eigenvalue weighted by molar-refractivity contribution is -0.137. The highest BCUT2D eigenvalue weighted by atomic mass is 16.4. The molecule has 31 heavy (non-hydrogen) atoms. The topological polar surface area (TPSA) is 152 Å². The lowest BCUT2D eigenvalue weighted by Crippen LogP contribution is -1.86. The summed E-state index contributed by atoms with van der Waals surface area (Å²) >= 11 is 0. The van der Waals surface area contributed by atoms with Crippen LogP contribution in [0.2, 0.25) is 0 Å². The zero-order chi connectivity index (χ0) is 25.5. The van der Waals surface area contributed by atoms with Gasteiger partial charge in [0.25, 0.3) is 0 Å². The third-order valence-corrected chi connectivity index (χ3v) is 0.772. The quantitative estimate of drug-likeness (QED) is 0.335. The van der Waals surface area contributed by atoms with Crippen LogP contribution < -0.4 is 0 Å². The first-order valence-electron chi connectivity index (χ1n) is 10.2. The van der Waals surface area contributed by atoms with E-state index in [1.165, 1.54) is 12.8 Å². The highest BCUT2D eigenvalue weighted by Gasteiger charge is 1.81. The van der Waals surface area contributed by atoms with Crippen molar-refractivity contribution < 1.29 is 39.9 Å². The van der Waals surface area contributed by atoms with Gasteiger partial charge in [-0.05, 0) is 20.8 Å². The highest BCUT2D eigenvalue weighted by Crippen LogP contribution is 1.67. The number of hydrogen-bond acceptors (Lipinski definition) is 6. The lowest BCUT2D eigenvalue weighted by Gasteiger charge is -1.71. The van der Waals surface area contributed by atoms with Gasteiger partial charge >= 0.3 is 11.9 Å². The second-order valence-corrected chi connectivity index (χ2v) is 4.43. The fourth-order valence-electron chi connectivity index (χ4n) is 0. The Morgan fingerprint density at radius 3 is 0.645 bits per heavy atom. The first-order valence-corrected chi connectivity index (χ1v) is 10.2. The largest absolute Gasteiger partial charge is 0.481 e. The van der Waals surface area contributed by atoms with E-state index in [9.17, 15) is 14.4 Å². The number of aliphatic hydroxyl groups excluding tert-OH is 3. The molecule has 0 radical (unpaired) electrons. The van der Waals surface area contributed by atoms with Crippen molar-refractivity contribution in [1.29, 1.82) is 0 Å². The summed E-state index contributed by atoms with van der Waals surface area (Å²) in [6, 6.07) is 0. The average Bonchev–Trinajstić information content (AvgIpc) is 2.65. The van der Waals surface area contributed by atoms with E-state index in [0.29, 0.717) is 6.42 Å². The predicted octanol–water partition coefficient (Wildman–Crippen LogP) is 5.66. The molecule has 0 aliphatic rings. The lowest BCUT2D eigenvalue weighted by atomic mass is 10.5. The monoisotopic (exact) mass is 464 g/mol. The molecule has 0 bridgehead atoms. The Kier molecular flexibility index (Phi) is 240. The number of hydrogen-bond donors (Lipinski definition) is 5. The molecule has 0 atom stereocenters. The van der Waals surface area contributed by atoms with E-state index >= 15 is 0 Å². The number of carbonyl (C=O) groups is 3. The molecule has 0 spiro atoms. The summed E-state index contributed by atoms with van der Waals surface area (Å²) in [5.74, 6) is -1.49. The normalized spacial score (nSPS) is 6.10. The minimum atomic E-state index is -0.745. The van der Waals surface area contributed by atoms with Gasteiger partial charge in [-0.25, -0.2) is 0 Å². The van der Waals surface area contributed by atoms with Gasteiger partial charge in [-0.1, -0.05) is 76.2 Å². The number of aliphatic carboxylic acids is 2. The maximum Gasteiger partial charge on any atom is 0.303 e. The van der Waals surface area contributed by atoms with Crippen LogP contribution in [-0.2, 0) is 14.4 Å².